The predicted octanol–water partition coefficient (Wildman–Crippen LogP) is 1.67. The van der Waals surface area contributed by atoms with E-state index in [2.05, 4.69) is 20.2 Å². The molecular weight excluding hydrogens is 278 g/mol. The molecule has 1 unspecified atom stereocenters. The summed E-state index contributed by atoms with van der Waals surface area (Å²) in [5.74, 6) is 1.73. The number of nitrogens with zero attached hydrogens (tertiary/aromatic N) is 4. The van der Waals surface area contributed by atoms with Crippen LogP contribution in [0.3, 0.4) is 0 Å². The molecule has 1 atom stereocenters. The summed E-state index contributed by atoms with van der Waals surface area (Å²) in [5.41, 5.74) is -0.358. The van der Waals surface area contributed by atoms with Crippen molar-refractivity contribution >= 4 is 17.7 Å². The average molecular weight is 305 g/mol. The Hall–Kier alpha value is -1.85. The fourth-order valence-corrected chi connectivity index (χ4v) is 2.42. The zero-order chi connectivity index (χ0) is 16.3. The lowest BCUT2D eigenvalue weighted by molar-refractivity contribution is -0.129. The van der Waals surface area contributed by atoms with Gasteiger partial charge in [0.15, 0.2) is 0 Å². The molecular formula is C16H27N5O. The molecule has 0 aromatic carbocycles. The molecule has 6 heteroatoms. The number of rotatable bonds is 3. The summed E-state index contributed by atoms with van der Waals surface area (Å²) in [6, 6.07) is 2.05. The number of carbonyl (C=O) groups excluding carboxylic acids is 1. The predicted molar refractivity (Wildman–Crippen MR) is 89.2 cm³/mol. The minimum Gasteiger partial charge on any atom is -0.363 e. The molecule has 0 aliphatic carbocycles. The number of carbonyl (C=O) groups is 1. The highest BCUT2D eigenvalue weighted by molar-refractivity contribution is 5.81. The van der Waals surface area contributed by atoms with Gasteiger partial charge in [-0.25, -0.2) is 4.98 Å². The molecule has 1 fully saturated rings. The van der Waals surface area contributed by atoms with Crippen molar-refractivity contribution in [1.29, 1.82) is 0 Å². The van der Waals surface area contributed by atoms with Gasteiger partial charge in [-0.05, 0) is 18.9 Å². The molecule has 1 aromatic heterocycles. The fourth-order valence-electron chi connectivity index (χ4n) is 2.42. The standard InChI is InChI=1S/C16H27N5O/c1-16(2,3)14(22)18-12-7-6-10-21(11-12)15-17-9-8-13(19-15)20(4)5/h8-9,12H,6-7,10-11H2,1-5H3,(H,18,22). The number of piperidine rings is 1. The third-order valence-electron chi connectivity index (χ3n) is 3.81. The molecule has 1 aromatic rings. The van der Waals surface area contributed by atoms with Gasteiger partial charge < -0.3 is 15.1 Å². The first kappa shape index (κ1) is 16.5. The molecule has 22 heavy (non-hydrogen) atoms. The van der Waals surface area contributed by atoms with E-state index in [-0.39, 0.29) is 17.4 Å². The Morgan fingerprint density at radius 2 is 2.14 bits per heavy atom. The van der Waals surface area contributed by atoms with Crippen molar-refractivity contribution in [3.63, 3.8) is 0 Å². The highest BCUT2D eigenvalue weighted by Gasteiger charge is 2.27. The van der Waals surface area contributed by atoms with Gasteiger partial charge in [-0.15, -0.1) is 0 Å². The van der Waals surface area contributed by atoms with Gasteiger partial charge in [0, 0.05) is 44.8 Å². The molecule has 6 nitrogen and oxygen atoms in total. The van der Waals surface area contributed by atoms with Crippen LogP contribution in [0.1, 0.15) is 33.6 Å². The van der Waals surface area contributed by atoms with Crippen molar-refractivity contribution in [3.8, 4) is 0 Å². The largest absolute Gasteiger partial charge is 0.363 e. The summed E-state index contributed by atoms with van der Waals surface area (Å²) in [6.45, 7) is 7.50. The first-order chi connectivity index (χ1) is 10.3. The zero-order valence-corrected chi connectivity index (χ0v) is 14.3. The van der Waals surface area contributed by atoms with Crippen LogP contribution in [0.2, 0.25) is 0 Å². The van der Waals surface area contributed by atoms with Gasteiger partial charge in [0.2, 0.25) is 11.9 Å². The van der Waals surface area contributed by atoms with Crippen LogP contribution in [0, 0.1) is 5.41 Å². The average Bonchev–Trinajstić information content (AvgIpc) is 2.46. The molecule has 0 spiro atoms. The van der Waals surface area contributed by atoms with E-state index in [0.29, 0.717) is 0 Å². The van der Waals surface area contributed by atoms with E-state index in [4.69, 9.17) is 0 Å². The van der Waals surface area contributed by atoms with Crippen molar-refractivity contribution in [1.82, 2.24) is 15.3 Å². The molecule has 1 N–H and O–H groups in total. The summed E-state index contributed by atoms with van der Waals surface area (Å²) in [6.07, 6.45) is 3.82. The quantitative estimate of drug-likeness (QED) is 0.920. The van der Waals surface area contributed by atoms with Crippen molar-refractivity contribution in [2.45, 2.75) is 39.7 Å². The van der Waals surface area contributed by atoms with Crippen LogP contribution >= 0.6 is 0 Å². The van der Waals surface area contributed by atoms with Crippen molar-refractivity contribution in [2.24, 2.45) is 5.41 Å². The van der Waals surface area contributed by atoms with Gasteiger partial charge in [0.05, 0.1) is 0 Å². The first-order valence-electron chi connectivity index (χ1n) is 7.83. The highest BCUT2D eigenvalue weighted by atomic mass is 16.2. The number of nitrogens with one attached hydrogen (secondary N) is 1. The van der Waals surface area contributed by atoms with Crippen molar-refractivity contribution < 1.29 is 4.79 Å². The van der Waals surface area contributed by atoms with E-state index < -0.39 is 0 Å². The Kier molecular flexibility index (Phi) is 4.88. The topological polar surface area (TPSA) is 61.4 Å². The van der Waals surface area contributed by atoms with Crippen LogP contribution in [0.15, 0.2) is 12.3 Å². The van der Waals surface area contributed by atoms with E-state index in [1.54, 1.807) is 6.20 Å². The van der Waals surface area contributed by atoms with Gasteiger partial charge in [-0.2, -0.15) is 4.98 Å². The second kappa shape index (κ2) is 6.50. The minimum atomic E-state index is -0.358. The van der Waals surface area contributed by atoms with Crippen LogP contribution in [-0.4, -0.2) is 49.1 Å². The number of hydrogen-bond donors (Lipinski definition) is 1. The number of amides is 1. The summed E-state index contributed by atoms with van der Waals surface area (Å²) in [5, 5.41) is 3.15. The first-order valence-corrected chi connectivity index (χ1v) is 7.83. The Morgan fingerprint density at radius 3 is 2.77 bits per heavy atom. The van der Waals surface area contributed by atoms with Gasteiger partial charge >= 0.3 is 0 Å². The van der Waals surface area contributed by atoms with E-state index in [1.165, 1.54) is 0 Å². The van der Waals surface area contributed by atoms with Crippen LogP contribution in [-0.2, 0) is 4.79 Å². The lowest BCUT2D eigenvalue weighted by Gasteiger charge is -2.34. The summed E-state index contributed by atoms with van der Waals surface area (Å²) >= 11 is 0. The maximum Gasteiger partial charge on any atom is 0.227 e. The summed E-state index contributed by atoms with van der Waals surface area (Å²) in [7, 11) is 3.93. The molecule has 0 saturated carbocycles. The van der Waals surface area contributed by atoms with Crippen molar-refractivity contribution in [3.05, 3.63) is 12.3 Å². The van der Waals surface area contributed by atoms with Crippen molar-refractivity contribution in [2.75, 3.05) is 37.0 Å². The van der Waals surface area contributed by atoms with E-state index in [1.807, 2.05) is 45.8 Å². The molecule has 122 valence electrons. The Labute approximate surface area is 132 Å². The van der Waals surface area contributed by atoms with Gasteiger partial charge in [-0.3, -0.25) is 4.79 Å². The molecule has 1 aliphatic rings. The number of hydrogen-bond acceptors (Lipinski definition) is 5. The fraction of sp³-hybridized carbons (Fsp3) is 0.688. The van der Waals surface area contributed by atoms with E-state index in [0.717, 1.165) is 37.7 Å². The van der Waals surface area contributed by atoms with E-state index in [9.17, 15) is 4.79 Å². The molecule has 1 aliphatic heterocycles. The third-order valence-corrected chi connectivity index (χ3v) is 3.81. The second-order valence-corrected chi connectivity index (χ2v) is 7.12. The van der Waals surface area contributed by atoms with Crippen LogP contribution in [0.4, 0.5) is 11.8 Å². The van der Waals surface area contributed by atoms with Gasteiger partial charge in [0.25, 0.3) is 0 Å². The zero-order valence-electron chi connectivity index (χ0n) is 14.3. The normalized spacial score (nSPS) is 19.0. The lowest BCUT2D eigenvalue weighted by atomic mass is 9.94. The van der Waals surface area contributed by atoms with E-state index >= 15 is 0 Å². The van der Waals surface area contributed by atoms with Crippen LogP contribution < -0.4 is 15.1 Å². The number of aromatic nitrogens is 2. The molecule has 1 saturated heterocycles. The monoisotopic (exact) mass is 305 g/mol. The van der Waals surface area contributed by atoms with Gasteiger partial charge in [-0.1, -0.05) is 20.8 Å². The molecule has 2 rings (SSSR count). The molecule has 0 radical (unpaired) electrons. The van der Waals surface area contributed by atoms with Crippen LogP contribution in [0.25, 0.3) is 0 Å². The Morgan fingerprint density at radius 1 is 1.41 bits per heavy atom. The molecule has 1 amide bonds. The van der Waals surface area contributed by atoms with Crippen LogP contribution in [0.5, 0.6) is 0 Å². The Bertz CT molecular complexity index is 524. The number of anilines is 2. The van der Waals surface area contributed by atoms with Gasteiger partial charge in [0.1, 0.15) is 5.82 Å². The maximum atomic E-state index is 12.2. The molecule has 2 heterocycles. The minimum absolute atomic E-state index is 0.0994. The molecule has 0 bridgehead atoms. The lowest BCUT2D eigenvalue weighted by Crippen LogP contribution is -2.50. The maximum absolute atomic E-state index is 12.2. The Balaban J connectivity index is 2.04. The third kappa shape index (κ3) is 4.08. The SMILES string of the molecule is CN(C)c1ccnc(N2CCCC(NC(=O)C(C)(C)C)C2)n1. The summed E-state index contributed by atoms with van der Waals surface area (Å²) < 4.78 is 0. The summed E-state index contributed by atoms with van der Waals surface area (Å²) in [4.78, 5) is 25.2. The smallest absolute Gasteiger partial charge is 0.227 e. The second-order valence-electron chi connectivity index (χ2n) is 7.12. The highest BCUT2D eigenvalue weighted by Crippen LogP contribution is 2.20.